The van der Waals surface area contributed by atoms with Gasteiger partial charge in [0, 0.05) is 17.0 Å². The van der Waals surface area contributed by atoms with Crippen molar-refractivity contribution in [3.8, 4) is 11.4 Å². The third-order valence-electron chi connectivity index (χ3n) is 3.48. The van der Waals surface area contributed by atoms with Gasteiger partial charge in [-0.1, -0.05) is 25.9 Å². The SMILES string of the molecule is CCCNC(C)C(c1nc(-c2ccsc2)no1)C(C)C. The summed E-state index contributed by atoms with van der Waals surface area (Å²) in [6.45, 7) is 9.77. The number of aromatic nitrogens is 2. The molecule has 110 valence electrons. The zero-order valence-electron chi connectivity index (χ0n) is 12.6. The minimum Gasteiger partial charge on any atom is -0.339 e. The van der Waals surface area contributed by atoms with E-state index in [0.29, 0.717) is 17.8 Å². The van der Waals surface area contributed by atoms with Crippen molar-refractivity contribution in [2.24, 2.45) is 5.92 Å². The lowest BCUT2D eigenvalue weighted by Gasteiger charge is -2.24. The summed E-state index contributed by atoms with van der Waals surface area (Å²) >= 11 is 1.64. The van der Waals surface area contributed by atoms with Gasteiger partial charge in [0.05, 0.1) is 5.92 Å². The highest BCUT2D eigenvalue weighted by atomic mass is 32.1. The predicted octanol–water partition coefficient (Wildman–Crippen LogP) is 3.93. The van der Waals surface area contributed by atoms with Crippen LogP contribution in [0, 0.1) is 5.92 Å². The Labute approximate surface area is 124 Å². The topological polar surface area (TPSA) is 51.0 Å². The molecule has 0 fully saturated rings. The molecule has 0 radical (unpaired) electrons. The molecule has 0 aromatic carbocycles. The standard InChI is InChI=1S/C15H23N3OS/c1-5-7-16-11(4)13(10(2)3)15-17-14(18-19-15)12-6-8-20-9-12/h6,8-11,13,16H,5,7H2,1-4H3. The van der Waals surface area contributed by atoms with E-state index in [-0.39, 0.29) is 5.92 Å². The molecule has 0 saturated carbocycles. The van der Waals surface area contributed by atoms with E-state index in [9.17, 15) is 0 Å². The molecule has 2 aromatic heterocycles. The Morgan fingerprint density at radius 1 is 1.35 bits per heavy atom. The highest BCUT2D eigenvalue weighted by Gasteiger charge is 2.28. The number of nitrogens with one attached hydrogen (secondary N) is 1. The highest BCUT2D eigenvalue weighted by molar-refractivity contribution is 7.08. The van der Waals surface area contributed by atoms with Gasteiger partial charge in [-0.15, -0.1) is 0 Å². The van der Waals surface area contributed by atoms with Gasteiger partial charge in [0.25, 0.3) is 0 Å². The Morgan fingerprint density at radius 3 is 2.75 bits per heavy atom. The first-order chi connectivity index (χ1) is 9.63. The third kappa shape index (κ3) is 3.46. The third-order valence-corrected chi connectivity index (χ3v) is 4.16. The average Bonchev–Trinajstić information content (AvgIpc) is 3.06. The first-order valence-corrected chi connectivity index (χ1v) is 8.17. The fourth-order valence-corrected chi connectivity index (χ4v) is 3.09. The molecule has 2 unspecified atom stereocenters. The maximum atomic E-state index is 5.52. The quantitative estimate of drug-likeness (QED) is 0.840. The Hall–Kier alpha value is -1.20. The summed E-state index contributed by atoms with van der Waals surface area (Å²) in [7, 11) is 0. The van der Waals surface area contributed by atoms with Gasteiger partial charge in [0.2, 0.25) is 11.7 Å². The molecule has 20 heavy (non-hydrogen) atoms. The molecule has 0 aliphatic rings. The summed E-state index contributed by atoms with van der Waals surface area (Å²) in [6, 6.07) is 2.34. The lowest BCUT2D eigenvalue weighted by Crippen LogP contribution is -2.35. The molecule has 0 bridgehead atoms. The minimum absolute atomic E-state index is 0.237. The van der Waals surface area contributed by atoms with Crippen LogP contribution in [0.4, 0.5) is 0 Å². The van der Waals surface area contributed by atoms with Crippen molar-refractivity contribution in [1.29, 1.82) is 0 Å². The number of rotatable bonds is 7. The van der Waals surface area contributed by atoms with Crippen LogP contribution < -0.4 is 5.32 Å². The molecule has 0 aliphatic carbocycles. The second-order valence-corrected chi connectivity index (χ2v) is 6.26. The molecule has 0 amide bonds. The van der Waals surface area contributed by atoms with Crippen molar-refractivity contribution in [1.82, 2.24) is 15.5 Å². The summed E-state index contributed by atoms with van der Waals surface area (Å²) in [5, 5.41) is 11.7. The van der Waals surface area contributed by atoms with Gasteiger partial charge in [0.15, 0.2) is 0 Å². The van der Waals surface area contributed by atoms with Crippen molar-refractivity contribution < 1.29 is 4.52 Å². The fourth-order valence-electron chi connectivity index (χ4n) is 2.45. The van der Waals surface area contributed by atoms with Gasteiger partial charge in [-0.25, -0.2) is 0 Å². The second-order valence-electron chi connectivity index (χ2n) is 5.48. The van der Waals surface area contributed by atoms with E-state index >= 15 is 0 Å². The van der Waals surface area contributed by atoms with Crippen LogP contribution in [0.15, 0.2) is 21.3 Å². The van der Waals surface area contributed by atoms with Gasteiger partial charge in [-0.2, -0.15) is 16.3 Å². The Kier molecular flexibility index (Phi) is 5.31. The van der Waals surface area contributed by atoms with Crippen LogP contribution in [0.25, 0.3) is 11.4 Å². The second kappa shape index (κ2) is 6.99. The Morgan fingerprint density at radius 2 is 2.15 bits per heavy atom. The lowest BCUT2D eigenvalue weighted by atomic mass is 9.89. The molecular weight excluding hydrogens is 270 g/mol. The van der Waals surface area contributed by atoms with E-state index < -0.39 is 0 Å². The molecule has 2 atom stereocenters. The summed E-state index contributed by atoms with van der Waals surface area (Å²) in [6.07, 6.45) is 1.12. The minimum atomic E-state index is 0.237. The molecule has 0 aliphatic heterocycles. The van der Waals surface area contributed by atoms with Crippen LogP contribution in [0.2, 0.25) is 0 Å². The zero-order valence-corrected chi connectivity index (χ0v) is 13.4. The van der Waals surface area contributed by atoms with Gasteiger partial charge in [-0.05, 0) is 37.3 Å². The maximum absolute atomic E-state index is 5.52. The lowest BCUT2D eigenvalue weighted by molar-refractivity contribution is 0.280. The predicted molar refractivity (Wildman–Crippen MR) is 82.9 cm³/mol. The molecular formula is C15H23N3OS. The summed E-state index contributed by atoms with van der Waals surface area (Å²) in [4.78, 5) is 4.59. The molecule has 2 aromatic rings. The summed E-state index contributed by atoms with van der Waals surface area (Å²) < 4.78 is 5.52. The van der Waals surface area contributed by atoms with Crippen molar-refractivity contribution in [3.63, 3.8) is 0 Å². The summed E-state index contributed by atoms with van der Waals surface area (Å²) in [5.41, 5.74) is 1.03. The molecule has 1 N–H and O–H groups in total. The van der Waals surface area contributed by atoms with E-state index in [1.165, 1.54) is 0 Å². The van der Waals surface area contributed by atoms with Crippen molar-refractivity contribution >= 4 is 11.3 Å². The first-order valence-electron chi connectivity index (χ1n) is 7.23. The number of hydrogen-bond donors (Lipinski definition) is 1. The van der Waals surface area contributed by atoms with Crippen LogP contribution in [-0.2, 0) is 0 Å². The Bertz CT molecular complexity index is 507. The van der Waals surface area contributed by atoms with Crippen LogP contribution in [0.3, 0.4) is 0 Å². The fraction of sp³-hybridized carbons (Fsp3) is 0.600. The number of hydrogen-bond acceptors (Lipinski definition) is 5. The number of nitrogens with zero attached hydrogens (tertiary/aromatic N) is 2. The van der Waals surface area contributed by atoms with Crippen molar-refractivity contribution in [2.45, 2.75) is 46.1 Å². The smallest absolute Gasteiger partial charge is 0.231 e. The van der Waals surface area contributed by atoms with E-state index in [1.807, 2.05) is 16.8 Å². The monoisotopic (exact) mass is 293 g/mol. The maximum Gasteiger partial charge on any atom is 0.231 e. The first kappa shape index (κ1) is 15.2. The van der Waals surface area contributed by atoms with Gasteiger partial charge in [0.1, 0.15) is 0 Å². The van der Waals surface area contributed by atoms with Gasteiger partial charge in [-0.3, -0.25) is 0 Å². The van der Waals surface area contributed by atoms with Crippen LogP contribution in [-0.4, -0.2) is 22.7 Å². The van der Waals surface area contributed by atoms with Crippen LogP contribution >= 0.6 is 11.3 Å². The number of thiophene rings is 1. The molecule has 5 heteroatoms. The molecule has 4 nitrogen and oxygen atoms in total. The van der Waals surface area contributed by atoms with Crippen molar-refractivity contribution in [2.75, 3.05) is 6.54 Å². The highest BCUT2D eigenvalue weighted by Crippen LogP contribution is 2.29. The summed E-state index contributed by atoms with van der Waals surface area (Å²) in [5.74, 6) is 2.11. The van der Waals surface area contributed by atoms with E-state index in [2.05, 4.69) is 43.2 Å². The molecule has 0 saturated heterocycles. The molecule has 2 rings (SSSR count). The largest absolute Gasteiger partial charge is 0.339 e. The van der Waals surface area contributed by atoms with E-state index in [4.69, 9.17) is 4.52 Å². The van der Waals surface area contributed by atoms with Crippen molar-refractivity contribution in [3.05, 3.63) is 22.7 Å². The molecule has 0 spiro atoms. The van der Waals surface area contributed by atoms with E-state index in [0.717, 1.165) is 24.4 Å². The van der Waals surface area contributed by atoms with E-state index in [1.54, 1.807) is 11.3 Å². The van der Waals surface area contributed by atoms with Gasteiger partial charge >= 0.3 is 0 Å². The molecule has 2 heterocycles. The average molecular weight is 293 g/mol. The zero-order chi connectivity index (χ0) is 14.5. The normalized spacial score (nSPS) is 14.7. The Balaban J connectivity index is 2.17. The van der Waals surface area contributed by atoms with Crippen LogP contribution in [0.5, 0.6) is 0 Å². The van der Waals surface area contributed by atoms with Crippen LogP contribution in [0.1, 0.15) is 45.9 Å². The van der Waals surface area contributed by atoms with Gasteiger partial charge < -0.3 is 9.84 Å².